The number of hydrogen-bond donors (Lipinski definition) is 3. The molecule has 4 nitrogen and oxygen atoms in total. The normalized spacial score (nSPS) is 16.0. The number of nitrogens with one attached hydrogen (secondary N) is 1. The molecular weight excluding hydrogens is 132 g/mol. The molecule has 0 radical (unpaired) electrons. The standard InChI is InChI=1S/C6H14N2O2/c1-4(7)6(3-9)8-5(2)10/h4,6,9H,3,7H2,1-2H3,(H,8,10). The maximum absolute atomic E-state index is 10.4. The molecule has 0 aromatic carbocycles. The number of carbonyl (C=O) groups is 1. The molecular formula is C6H14N2O2. The van der Waals surface area contributed by atoms with Gasteiger partial charge in [-0.3, -0.25) is 4.79 Å². The molecule has 60 valence electrons. The molecule has 0 aromatic rings. The van der Waals surface area contributed by atoms with E-state index < -0.39 is 0 Å². The molecule has 0 heterocycles. The van der Waals surface area contributed by atoms with Gasteiger partial charge in [0.05, 0.1) is 12.6 Å². The lowest BCUT2D eigenvalue weighted by Gasteiger charge is -2.18. The molecule has 2 unspecified atom stereocenters. The van der Waals surface area contributed by atoms with E-state index in [4.69, 9.17) is 10.8 Å². The summed E-state index contributed by atoms with van der Waals surface area (Å²) in [5.41, 5.74) is 5.42. The molecule has 0 fully saturated rings. The molecule has 0 bridgehead atoms. The molecule has 10 heavy (non-hydrogen) atoms. The van der Waals surface area contributed by atoms with Crippen molar-refractivity contribution in [1.29, 1.82) is 0 Å². The summed E-state index contributed by atoms with van der Waals surface area (Å²) < 4.78 is 0. The highest BCUT2D eigenvalue weighted by molar-refractivity contribution is 5.73. The van der Waals surface area contributed by atoms with Crippen molar-refractivity contribution in [1.82, 2.24) is 5.32 Å². The topological polar surface area (TPSA) is 75.3 Å². The van der Waals surface area contributed by atoms with E-state index in [2.05, 4.69) is 5.32 Å². The second-order valence-electron chi connectivity index (χ2n) is 2.35. The van der Waals surface area contributed by atoms with Crippen LogP contribution in [0.1, 0.15) is 13.8 Å². The van der Waals surface area contributed by atoms with Crippen molar-refractivity contribution in [3.8, 4) is 0 Å². The largest absolute Gasteiger partial charge is 0.394 e. The summed E-state index contributed by atoms with van der Waals surface area (Å²) in [6, 6.07) is -0.536. The SMILES string of the molecule is CC(=O)NC(CO)C(C)N. The van der Waals surface area contributed by atoms with Crippen molar-refractivity contribution in [2.24, 2.45) is 5.73 Å². The van der Waals surface area contributed by atoms with Crippen LogP contribution in [0.4, 0.5) is 0 Å². The highest BCUT2D eigenvalue weighted by Gasteiger charge is 2.12. The van der Waals surface area contributed by atoms with Gasteiger partial charge in [0, 0.05) is 13.0 Å². The van der Waals surface area contributed by atoms with Crippen LogP contribution in [0.25, 0.3) is 0 Å². The van der Waals surface area contributed by atoms with Crippen molar-refractivity contribution < 1.29 is 9.90 Å². The van der Waals surface area contributed by atoms with Crippen molar-refractivity contribution in [2.75, 3.05) is 6.61 Å². The number of rotatable bonds is 3. The summed E-state index contributed by atoms with van der Waals surface area (Å²) in [6.45, 7) is 3.01. The average molecular weight is 146 g/mol. The molecule has 4 N–H and O–H groups in total. The van der Waals surface area contributed by atoms with E-state index >= 15 is 0 Å². The lowest BCUT2D eigenvalue weighted by Crippen LogP contribution is -2.47. The van der Waals surface area contributed by atoms with E-state index in [-0.39, 0.29) is 24.6 Å². The Labute approximate surface area is 60.4 Å². The van der Waals surface area contributed by atoms with Crippen LogP contribution in [0.3, 0.4) is 0 Å². The predicted octanol–water partition coefficient (Wildman–Crippen LogP) is -1.17. The van der Waals surface area contributed by atoms with Gasteiger partial charge in [-0.2, -0.15) is 0 Å². The lowest BCUT2D eigenvalue weighted by molar-refractivity contribution is -0.120. The maximum atomic E-state index is 10.4. The van der Waals surface area contributed by atoms with Gasteiger partial charge in [0.15, 0.2) is 0 Å². The van der Waals surface area contributed by atoms with Crippen LogP contribution in [-0.4, -0.2) is 29.7 Å². The van der Waals surface area contributed by atoms with E-state index in [0.717, 1.165) is 0 Å². The van der Waals surface area contributed by atoms with Crippen molar-refractivity contribution in [2.45, 2.75) is 25.9 Å². The van der Waals surface area contributed by atoms with Crippen LogP contribution in [0.2, 0.25) is 0 Å². The van der Waals surface area contributed by atoms with Crippen LogP contribution in [0.15, 0.2) is 0 Å². The molecule has 0 aliphatic rings. The number of carbonyl (C=O) groups excluding carboxylic acids is 1. The maximum Gasteiger partial charge on any atom is 0.217 e. The van der Waals surface area contributed by atoms with E-state index in [1.54, 1.807) is 6.92 Å². The monoisotopic (exact) mass is 146 g/mol. The summed E-state index contributed by atoms with van der Waals surface area (Å²) >= 11 is 0. The van der Waals surface area contributed by atoms with Gasteiger partial charge in [-0.05, 0) is 6.92 Å². The number of hydrogen-bond acceptors (Lipinski definition) is 3. The van der Waals surface area contributed by atoms with Crippen LogP contribution < -0.4 is 11.1 Å². The molecule has 0 aliphatic heterocycles. The third-order valence-electron chi connectivity index (χ3n) is 1.22. The fraction of sp³-hybridized carbons (Fsp3) is 0.833. The summed E-state index contributed by atoms with van der Waals surface area (Å²) in [7, 11) is 0. The summed E-state index contributed by atoms with van der Waals surface area (Å²) in [6.07, 6.45) is 0. The van der Waals surface area contributed by atoms with Gasteiger partial charge in [0.1, 0.15) is 0 Å². The lowest BCUT2D eigenvalue weighted by atomic mass is 10.2. The van der Waals surface area contributed by atoms with E-state index in [1.807, 2.05) is 0 Å². The summed E-state index contributed by atoms with van der Waals surface area (Å²) in [5, 5.41) is 11.2. The zero-order valence-electron chi connectivity index (χ0n) is 6.29. The second kappa shape index (κ2) is 4.24. The average Bonchev–Trinajstić information content (AvgIpc) is 1.81. The smallest absolute Gasteiger partial charge is 0.217 e. The number of aliphatic hydroxyl groups excluding tert-OH is 1. The third-order valence-corrected chi connectivity index (χ3v) is 1.22. The van der Waals surface area contributed by atoms with Gasteiger partial charge in [-0.25, -0.2) is 0 Å². The number of aliphatic hydroxyl groups is 1. The Morgan fingerprint density at radius 2 is 2.30 bits per heavy atom. The third kappa shape index (κ3) is 3.42. The minimum Gasteiger partial charge on any atom is -0.394 e. The molecule has 0 spiro atoms. The Hall–Kier alpha value is -0.610. The zero-order chi connectivity index (χ0) is 8.15. The van der Waals surface area contributed by atoms with Gasteiger partial charge in [-0.1, -0.05) is 0 Å². The summed E-state index contributed by atoms with van der Waals surface area (Å²) in [5.74, 6) is -0.170. The molecule has 0 saturated heterocycles. The first-order chi connectivity index (χ1) is 4.57. The fourth-order valence-electron chi connectivity index (χ4n) is 0.604. The minimum absolute atomic E-state index is 0.114. The van der Waals surface area contributed by atoms with E-state index in [1.165, 1.54) is 6.92 Å². The van der Waals surface area contributed by atoms with Crippen molar-refractivity contribution in [3.63, 3.8) is 0 Å². The Bertz CT molecular complexity index is 114. The first-order valence-electron chi connectivity index (χ1n) is 3.21. The van der Waals surface area contributed by atoms with Crippen molar-refractivity contribution >= 4 is 5.91 Å². The molecule has 0 saturated carbocycles. The van der Waals surface area contributed by atoms with Crippen LogP contribution >= 0.6 is 0 Å². The Balaban J connectivity index is 3.71. The highest BCUT2D eigenvalue weighted by atomic mass is 16.3. The molecule has 1 amide bonds. The Morgan fingerprint density at radius 3 is 2.40 bits per heavy atom. The van der Waals surface area contributed by atoms with Crippen LogP contribution in [0, 0.1) is 0 Å². The van der Waals surface area contributed by atoms with Gasteiger partial charge in [0.2, 0.25) is 5.91 Å². The zero-order valence-corrected chi connectivity index (χ0v) is 6.29. The van der Waals surface area contributed by atoms with Gasteiger partial charge in [-0.15, -0.1) is 0 Å². The van der Waals surface area contributed by atoms with Crippen LogP contribution in [-0.2, 0) is 4.79 Å². The number of nitrogens with two attached hydrogens (primary N) is 1. The van der Waals surface area contributed by atoms with Gasteiger partial charge >= 0.3 is 0 Å². The van der Waals surface area contributed by atoms with Crippen LogP contribution in [0.5, 0.6) is 0 Å². The molecule has 0 aromatic heterocycles. The first-order valence-corrected chi connectivity index (χ1v) is 3.21. The van der Waals surface area contributed by atoms with E-state index in [0.29, 0.717) is 0 Å². The second-order valence-corrected chi connectivity index (χ2v) is 2.35. The Morgan fingerprint density at radius 1 is 1.80 bits per heavy atom. The molecule has 0 aliphatic carbocycles. The quantitative estimate of drug-likeness (QED) is 0.469. The highest BCUT2D eigenvalue weighted by Crippen LogP contribution is 1.86. The Kier molecular flexibility index (Phi) is 3.99. The predicted molar refractivity (Wildman–Crippen MR) is 38.3 cm³/mol. The molecule has 4 heteroatoms. The minimum atomic E-state index is -0.322. The van der Waals surface area contributed by atoms with E-state index in [9.17, 15) is 4.79 Å². The van der Waals surface area contributed by atoms with Gasteiger partial charge < -0.3 is 16.2 Å². The number of amides is 1. The van der Waals surface area contributed by atoms with Crippen molar-refractivity contribution in [3.05, 3.63) is 0 Å². The first kappa shape index (κ1) is 9.39. The van der Waals surface area contributed by atoms with Gasteiger partial charge in [0.25, 0.3) is 0 Å². The fourth-order valence-corrected chi connectivity index (χ4v) is 0.604. The molecule has 2 atom stereocenters. The summed E-state index contributed by atoms with van der Waals surface area (Å²) in [4.78, 5) is 10.4. The molecule has 0 rings (SSSR count).